The molecule has 0 aliphatic rings. The van der Waals surface area contributed by atoms with Gasteiger partial charge in [0.05, 0.1) is 19.1 Å². The molecular weight excluding hydrogens is 406 g/mol. The second kappa shape index (κ2) is 9.67. The smallest absolute Gasteiger partial charge is 0.250 e. The number of halogens is 1. The van der Waals surface area contributed by atoms with Gasteiger partial charge in [0.15, 0.2) is 0 Å². The number of rotatable bonds is 7. The van der Waals surface area contributed by atoms with Crippen LogP contribution < -0.4 is 10.2 Å². The normalized spacial score (nSPS) is 11.0. The number of aromatic nitrogens is 1. The van der Waals surface area contributed by atoms with Crippen molar-refractivity contribution in [3.05, 3.63) is 76.6 Å². The number of nitrogens with zero attached hydrogens (tertiary/aromatic N) is 2. The van der Waals surface area contributed by atoms with Crippen LogP contribution in [0.25, 0.3) is 5.69 Å². The lowest BCUT2D eigenvalue weighted by molar-refractivity contribution is -0.118. The van der Waals surface area contributed by atoms with Crippen LogP contribution in [0.15, 0.2) is 64.6 Å². The second-order valence-electron chi connectivity index (χ2n) is 6.40. The highest BCUT2D eigenvalue weighted by atomic mass is 35.5. The molecule has 5 nitrogen and oxygen atoms in total. The fourth-order valence-electron chi connectivity index (χ4n) is 2.96. The van der Waals surface area contributed by atoms with E-state index in [0.717, 1.165) is 33.3 Å². The van der Waals surface area contributed by atoms with E-state index in [-0.39, 0.29) is 11.7 Å². The summed E-state index contributed by atoms with van der Waals surface area (Å²) in [6, 6.07) is 17.3. The first-order chi connectivity index (χ1) is 14.0. The van der Waals surface area contributed by atoms with Gasteiger partial charge in [-0.1, -0.05) is 17.7 Å². The molecule has 0 saturated heterocycles. The minimum Gasteiger partial charge on any atom is -0.497 e. The number of hydrazone groups is 1. The van der Waals surface area contributed by atoms with E-state index in [1.165, 1.54) is 11.8 Å². The molecule has 0 aliphatic heterocycles. The number of carbonyl (C=O) groups is 1. The van der Waals surface area contributed by atoms with Gasteiger partial charge in [0.25, 0.3) is 0 Å². The van der Waals surface area contributed by atoms with E-state index in [9.17, 15) is 4.79 Å². The minimum atomic E-state index is -0.161. The zero-order valence-electron chi connectivity index (χ0n) is 16.5. The molecule has 2 aromatic carbocycles. The Morgan fingerprint density at radius 2 is 1.97 bits per heavy atom. The Morgan fingerprint density at radius 1 is 1.21 bits per heavy atom. The lowest BCUT2D eigenvalue weighted by atomic mass is 10.2. The van der Waals surface area contributed by atoms with Gasteiger partial charge >= 0.3 is 0 Å². The monoisotopic (exact) mass is 427 g/mol. The molecule has 1 heterocycles. The molecular formula is C22H22ClN3O2S. The highest BCUT2D eigenvalue weighted by molar-refractivity contribution is 8.00. The Kier molecular flexibility index (Phi) is 7.01. The Hall–Kier alpha value is -2.70. The van der Waals surface area contributed by atoms with Crippen molar-refractivity contribution in [3.8, 4) is 11.4 Å². The quantitative estimate of drug-likeness (QED) is 0.328. The number of aryl methyl sites for hydroxylation is 1. The number of hydrogen-bond donors (Lipinski definition) is 1. The predicted octanol–water partition coefficient (Wildman–Crippen LogP) is 5.00. The maximum Gasteiger partial charge on any atom is 0.250 e. The van der Waals surface area contributed by atoms with Crippen molar-refractivity contribution < 1.29 is 9.53 Å². The largest absolute Gasteiger partial charge is 0.497 e. The average molecular weight is 428 g/mol. The average Bonchev–Trinajstić information content (AvgIpc) is 3.00. The molecule has 7 heteroatoms. The van der Waals surface area contributed by atoms with Crippen LogP contribution in [0.5, 0.6) is 5.75 Å². The third kappa shape index (κ3) is 5.43. The minimum absolute atomic E-state index is 0.161. The first-order valence-electron chi connectivity index (χ1n) is 9.01. The molecule has 3 aromatic rings. The van der Waals surface area contributed by atoms with Gasteiger partial charge in [-0.3, -0.25) is 4.79 Å². The van der Waals surface area contributed by atoms with Crippen LogP contribution in [0.1, 0.15) is 17.0 Å². The van der Waals surface area contributed by atoms with Crippen LogP contribution in [0, 0.1) is 13.8 Å². The first kappa shape index (κ1) is 21.0. The van der Waals surface area contributed by atoms with Crippen LogP contribution in [0.4, 0.5) is 0 Å². The zero-order valence-corrected chi connectivity index (χ0v) is 18.1. The van der Waals surface area contributed by atoms with Gasteiger partial charge in [-0.15, -0.1) is 11.8 Å². The molecule has 0 aliphatic carbocycles. The van der Waals surface area contributed by atoms with Gasteiger partial charge in [-0.25, -0.2) is 5.43 Å². The summed E-state index contributed by atoms with van der Waals surface area (Å²) in [7, 11) is 1.62. The van der Waals surface area contributed by atoms with Crippen molar-refractivity contribution >= 4 is 35.5 Å². The van der Waals surface area contributed by atoms with Crippen molar-refractivity contribution in [3.63, 3.8) is 0 Å². The van der Waals surface area contributed by atoms with E-state index in [1.54, 1.807) is 13.3 Å². The summed E-state index contributed by atoms with van der Waals surface area (Å²) in [5, 5.41) is 4.80. The first-order valence-corrected chi connectivity index (χ1v) is 10.4. The lowest BCUT2D eigenvalue weighted by Gasteiger charge is -2.09. The Bertz CT molecular complexity index is 1030. The maximum absolute atomic E-state index is 12.1. The highest BCUT2D eigenvalue weighted by Crippen LogP contribution is 2.22. The predicted molar refractivity (Wildman–Crippen MR) is 120 cm³/mol. The topological polar surface area (TPSA) is 55.6 Å². The van der Waals surface area contributed by atoms with E-state index in [2.05, 4.69) is 15.1 Å². The molecule has 150 valence electrons. The summed E-state index contributed by atoms with van der Waals surface area (Å²) in [4.78, 5) is 13.1. The van der Waals surface area contributed by atoms with Crippen LogP contribution in [-0.2, 0) is 4.79 Å². The van der Waals surface area contributed by atoms with Gasteiger partial charge < -0.3 is 9.30 Å². The van der Waals surface area contributed by atoms with Gasteiger partial charge in [-0.05, 0) is 62.4 Å². The number of ether oxygens (including phenoxy) is 1. The van der Waals surface area contributed by atoms with Crippen LogP contribution in [0.2, 0.25) is 5.02 Å². The van der Waals surface area contributed by atoms with Crippen molar-refractivity contribution in [2.75, 3.05) is 12.9 Å². The van der Waals surface area contributed by atoms with E-state index >= 15 is 0 Å². The summed E-state index contributed by atoms with van der Waals surface area (Å²) < 4.78 is 7.23. The third-order valence-electron chi connectivity index (χ3n) is 4.36. The lowest BCUT2D eigenvalue weighted by Crippen LogP contribution is -2.19. The van der Waals surface area contributed by atoms with Gasteiger partial charge in [0, 0.05) is 32.6 Å². The highest BCUT2D eigenvalue weighted by Gasteiger charge is 2.10. The van der Waals surface area contributed by atoms with Crippen molar-refractivity contribution in [2.24, 2.45) is 5.10 Å². The molecule has 0 fully saturated rings. The fraction of sp³-hybridized carbons (Fsp3) is 0.182. The standard InChI is InChI=1S/C22H22ClN3O2S/c1-15-11-17(16(2)26(15)19-6-4-5-18(23)12-19)13-24-25-22(27)14-29-21-9-7-20(28-3)8-10-21/h4-13H,14H2,1-3H3,(H,25,27)/b24-13+. The number of benzene rings is 2. The number of amides is 1. The molecule has 3 rings (SSSR count). The molecule has 0 unspecified atom stereocenters. The molecule has 0 bridgehead atoms. The zero-order chi connectivity index (χ0) is 20.8. The molecule has 1 aromatic heterocycles. The van der Waals surface area contributed by atoms with Crippen LogP contribution in [-0.4, -0.2) is 29.6 Å². The van der Waals surface area contributed by atoms with Crippen molar-refractivity contribution in [1.29, 1.82) is 0 Å². The fourth-order valence-corrected chi connectivity index (χ4v) is 3.83. The van der Waals surface area contributed by atoms with E-state index in [0.29, 0.717) is 5.02 Å². The third-order valence-corrected chi connectivity index (χ3v) is 5.61. The summed E-state index contributed by atoms with van der Waals surface area (Å²) in [6.45, 7) is 4.03. The number of carbonyl (C=O) groups excluding carboxylic acids is 1. The van der Waals surface area contributed by atoms with Gasteiger partial charge in [0.2, 0.25) is 5.91 Å². The van der Waals surface area contributed by atoms with Crippen molar-refractivity contribution in [1.82, 2.24) is 9.99 Å². The van der Waals surface area contributed by atoms with Gasteiger partial charge in [-0.2, -0.15) is 5.10 Å². The second-order valence-corrected chi connectivity index (χ2v) is 7.88. The molecule has 0 atom stereocenters. The maximum atomic E-state index is 12.1. The van der Waals surface area contributed by atoms with Gasteiger partial charge in [0.1, 0.15) is 5.75 Å². The molecule has 29 heavy (non-hydrogen) atoms. The molecule has 0 radical (unpaired) electrons. The molecule has 0 spiro atoms. The van der Waals surface area contributed by atoms with Crippen LogP contribution in [0.3, 0.4) is 0 Å². The van der Waals surface area contributed by atoms with E-state index < -0.39 is 0 Å². The number of methoxy groups -OCH3 is 1. The Labute approximate surface area is 179 Å². The number of thioether (sulfide) groups is 1. The SMILES string of the molecule is COc1ccc(SCC(=O)N/N=C/c2cc(C)n(-c3cccc(Cl)c3)c2C)cc1. The van der Waals surface area contributed by atoms with E-state index in [1.807, 2.05) is 68.4 Å². The van der Waals surface area contributed by atoms with Crippen LogP contribution >= 0.6 is 23.4 Å². The molecule has 0 saturated carbocycles. The molecule has 1 amide bonds. The Morgan fingerprint density at radius 3 is 2.66 bits per heavy atom. The molecule has 1 N–H and O–H groups in total. The summed E-state index contributed by atoms with van der Waals surface area (Å²) in [5.41, 5.74) is 6.60. The summed E-state index contributed by atoms with van der Waals surface area (Å²) in [6.07, 6.45) is 1.67. The number of nitrogens with one attached hydrogen (secondary N) is 1. The van der Waals surface area contributed by atoms with Crippen molar-refractivity contribution in [2.45, 2.75) is 18.7 Å². The summed E-state index contributed by atoms with van der Waals surface area (Å²) in [5.74, 6) is 0.912. The Balaban J connectivity index is 1.60. The van der Waals surface area contributed by atoms with E-state index in [4.69, 9.17) is 16.3 Å². The number of hydrogen-bond acceptors (Lipinski definition) is 4. The summed E-state index contributed by atoms with van der Waals surface area (Å²) >= 11 is 7.56.